The summed E-state index contributed by atoms with van der Waals surface area (Å²) in [4.78, 5) is 30.3. The van der Waals surface area contributed by atoms with E-state index >= 15 is 0 Å². The van der Waals surface area contributed by atoms with Crippen LogP contribution >= 0.6 is 56.7 Å². The van der Waals surface area contributed by atoms with Gasteiger partial charge in [0.05, 0.1) is 9.40 Å². The number of ketones is 2. The Hall–Kier alpha value is -3.48. The molecule has 7 rings (SSSR count). The van der Waals surface area contributed by atoms with Gasteiger partial charge in [-0.2, -0.15) is 17.6 Å². The van der Waals surface area contributed by atoms with Crippen molar-refractivity contribution in [3.8, 4) is 40.4 Å². The zero-order chi connectivity index (χ0) is 31.7. The summed E-state index contributed by atoms with van der Waals surface area (Å²) in [6, 6.07) is 25.2. The van der Waals surface area contributed by atoms with E-state index in [1.54, 1.807) is 80.9 Å². The number of rotatable bonds is 8. The Kier molecular flexibility index (Phi) is 7.44. The average Bonchev–Trinajstić information content (AvgIpc) is 3.82. The van der Waals surface area contributed by atoms with E-state index in [4.69, 9.17) is 0 Å². The second-order valence-electron chi connectivity index (χ2n) is 10.6. The summed E-state index contributed by atoms with van der Waals surface area (Å²) >= 11 is 8.49. The first-order valence-corrected chi connectivity index (χ1v) is 17.7. The van der Waals surface area contributed by atoms with Crippen molar-refractivity contribution in [2.75, 3.05) is 0 Å². The minimum absolute atomic E-state index is 0.00640. The monoisotopic (exact) mass is 696 g/mol. The zero-order valence-electron chi connectivity index (χ0n) is 23.5. The molecule has 0 bridgehead atoms. The van der Waals surface area contributed by atoms with Crippen molar-refractivity contribution in [3.05, 3.63) is 96.1 Å². The molecule has 0 spiro atoms. The van der Waals surface area contributed by atoms with E-state index in [0.29, 0.717) is 13.8 Å². The van der Waals surface area contributed by atoms with Gasteiger partial charge in [-0.3, -0.25) is 9.59 Å². The van der Waals surface area contributed by atoms with Crippen LogP contribution in [0.2, 0.25) is 0 Å². The van der Waals surface area contributed by atoms with E-state index in [-0.39, 0.29) is 11.1 Å². The molecule has 0 saturated carbocycles. The van der Waals surface area contributed by atoms with Crippen LogP contribution < -0.4 is 0 Å². The van der Waals surface area contributed by atoms with Crippen molar-refractivity contribution < 1.29 is 27.2 Å². The molecule has 0 aliphatic rings. The molecule has 0 N–H and O–H groups in total. The van der Waals surface area contributed by atoms with Crippen LogP contribution in [-0.4, -0.2) is 23.4 Å². The van der Waals surface area contributed by atoms with Gasteiger partial charge < -0.3 is 0 Å². The van der Waals surface area contributed by atoms with Crippen molar-refractivity contribution in [2.24, 2.45) is 0 Å². The highest BCUT2D eigenvalue weighted by atomic mass is 32.1. The standard InChI is InChI=1S/C34H20F4O2S5/c1-33(35,36)31(39)19-7-3-17(4-8-19)21-11-13-23(41-21)25-15-27-29(44-25)30-28(43-27)16-26(45-30)24-14-12-22(42-24)18-5-9-20(10-6-18)32(40)34(2,37)38/h3-16H,1-2H3. The fraction of sp³-hybridized carbons (Fsp3) is 0.118. The van der Waals surface area contributed by atoms with Crippen molar-refractivity contribution in [1.82, 2.24) is 0 Å². The van der Waals surface area contributed by atoms with Gasteiger partial charge in [-0.1, -0.05) is 48.5 Å². The molecule has 226 valence electrons. The molecule has 5 heterocycles. The van der Waals surface area contributed by atoms with Crippen molar-refractivity contribution in [1.29, 1.82) is 0 Å². The van der Waals surface area contributed by atoms with Gasteiger partial charge in [-0.05, 0) is 47.5 Å². The summed E-state index contributed by atoms with van der Waals surface area (Å²) in [6.45, 7) is 1.22. The van der Waals surface area contributed by atoms with Gasteiger partial charge in [0.2, 0.25) is 11.6 Å². The molecule has 5 aromatic heterocycles. The number of hydrogen-bond acceptors (Lipinski definition) is 7. The van der Waals surface area contributed by atoms with Crippen LogP contribution in [0, 0.1) is 0 Å². The van der Waals surface area contributed by atoms with Crippen molar-refractivity contribution in [3.63, 3.8) is 0 Å². The van der Waals surface area contributed by atoms with E-state index in [9.17, 15) is 27.2 Å². The van der Waals surface area contributed by atoms with Gasteiger partial charge in [-0.15, -0.1) is 56.7 Å². The normalized spacial score (nSPS) is 12.4. The van der Waals surface area contributed by atoms with Gasteiger partial charge >= 0.3 is 11.8 Å². The lowest BCUT2D eigenvalue weighted by Crippen LogP contribution is -2.24. The third-order valence-electron chi connectivity index (χ3n) is 7.18. The van der Waals surface area contributed by atoms with Crippen LogP contribution in [0.15, 0.2) is 84.9 Å². The van der Waals surface area contributed by atoms with Crippen molar-refractivity contribution in [2.45, 2.75) is 25.7 Å². The Balaban J connectivity index is 1.12. The lowest BCUT2D eigenvalue weighted by Gasteiger charge is -2.08. The first-order valence-electron chi connectivity index (χ1n) is 13.6. The molecular formula is C34H20F4O2S5. The lowest BCUT2D eigenvalue weighted by molar-refractivity contribution is 0.0221. The second kappa shape index (κ2) is 11.1. The maximum absolute atomic E-state index is 13.4. The summed E-state index contributed by atoms with van der Waals surface area (Å²) in [5, 5.41) is 0. The maximum Gasteiger partial charge on any atom is 0.307 e. The highest BCUT2D eigenvalue weighted by Crippen LogP contribution is 2.50. The number of carbonyl (C=O) groups is 2. The van der Waals surface area contributed by atoms with E-state index in [1.807, 2.05) is 12.1 Å². The fourth-order valence-corrected chi connectivity index (χ4v) is 11.1. The van der Waals surface area contributed by atoms with Crippen LogP contribution in [0.1, 0.15) is 34.6 Å². The number of halogens is 4. The summed E-state index contributed by atoms with van der Waals surface area (Å²) in [7, 11) is 0. The van der Waals surface area contributed by atoms with Crippen LogP contribution in [-0.2, 0) is 0 Å². The van der Waals surface area contributed by atoms with E-state index in [2.05, 4.69) is 24.3 Å². The SMILES string of the molecule is CC(F)(F)C(=O)c1ccc(-c2ccc(-c3cc4sc5cc(-c6ccc(-c7ccc(C(=O)C(C)(F)F)cc7)s6)sc5c4s3)s2)cc1. The van der Waals surface area contributed by atoms with Crippen LogP contribution in [0.3, 0.4) is 0 Å². The molecule has 2 aromatic carbocycles. The molecule has 2 nitrogen and oxygen atoms in total. The van der Waals surface area contributed by atoms with Gasteiger partial charge in [0, 0.05) is 63.6 Å². The predicted octanol–water partition coefficient (Wildman–Crippen LogP) is 12.6. The van der Waals surface area contributed by atoms with Crippen LogP contribution in [0.25, 0.3) is 59.2 Å². The summed E-state index contributed by atoms with van der Waals surface area (Å²) in [5.41, 5.74) is 1.72. The molecule has 0 aliphatic heterocycles. The molecular weight excluding hydrogens is 677 g/mol. The first-order chi connectivity index (χ1) is 21.3. The molecule has 7 aromatic rings. The van der Waals surface area contributed by atoms with E-state index in [0.717, 1.165) is 40.4 Å². The maximum atomic E-state index is 13.4. The zero-order valence-corrected chi connectivity index (χ0v) is 27.5. The molecule has 45 heavy (non-hydrogen) atoms. The van der Waals surface area contributed by atoms with Gasteiger partial charge in [-0.25, -0.2) is 0 Å². The largest absolute Gasteiger partial charge is 0.307 e. The molecule has 11 heteroatoms. The predicted molar refractivity (Wildman–Crippen MR) is 182 cm³/mol. The number of carbonyl (C=O) groups excluding carboxylic acids is 2. The smallest absolute Gasteiger partial charge is 0.287 e. The minimum Gasteiger partial charge on any atom is -0.287 e. The number of fused-ring (bicyclic) bond motifs is 3. The Labute approximate surface area is 274 Å². The van der Waals surface area contributed by atoms with E-state index in [1.165, 1.54) is 43.1 Å². The van der Waals surface area contributed by atoms with Gasteiger partial charge in [0.15, 0.2) is 0 Å². The topological polar surface area (TPSA) is 34.1 Å². The second-order valence-corrected chi connectivity index (χ2v) is 16.0. The molecule has 0 aliphatic carbocycles. The molecule has 0 fully saturated rings. The summed E-state index contributed by atoms with van der Waals surface area (Å²) in [6.07, 6.45) is 0. The van der Waals surface area contributed by atoms with Crippen LogP contribution in [0.4, 0.5) is 17.6 Å². The number of hydrogen-bond donors (Lipinski definition) is 0. The number of thiophene rings is 5. The Morgan fingerprint density at radius 2 is 0.822 bits per heavy atom. The number of alkyl halides is 4. The van der Waals surface area contributed by atoms with Gasteiger partial charge in [0.25, 0.3) is 0 Å². The Morgan fingerprint density at radius 3 is 1.18 bits per heavy atom. The quantitative estimate of drug-likeness (QED) is 0.117. The highest BCUT2D eigenvalue weighted by Gasteiger charge is 2.33. The number of benzene rings is 2. The molecule has 0 unspecified atom stereocenters. The molecule has 0 amide bonds. The third-order valence-corrected chi connectivity index (χ3v) is 13.6. The first kappa shape index (κ1) is 30.2. The average molecular weight is 697 g/mol. The minimum atomic E-state index is -3.40. The summed E-state index contributed by atoms with van der Waals surface area (Å²) < 4.78 is 58.6. The molecule has 0 saturated heterocycles. The fourth-order valence-electron chi connectivity index (χ4n) is 4.91. The van der Waals surface area contributed by atoms with Crippen LogP contribution in [0.5, 0.6) is 0 Å². The number of Topliss-reactive ketones (excluding diaryl/α,β-unsaturated/α-hetero) is 2. The molecule has 0 atom stereocenters. The Bertz CT molecular complexity index is 2060. The summed E-state index contributed by atoms with van der Waals surface area (Å²) in [5.74, 6) is -9.17. The van der Waals surface area contributed by atoms with E-state index < -0.39 is 23.4 Å². The van der Waals surface area contributed by atoms with Crippen molar-refractivity contribution >= 4 is 87.1 Å². The third kappa shape index (κ3) is 5.72. The Morgan fingerprint density at radius 1 is 0.467 bits per heavy atom. The molecule has 0 radical (unpaired) electrons. The lowest BCUT2D eigenvalue weighted by atomic mass is 10.0. The highest BCUT2D eigenvalue weighted by molar-refractivity contribution is 7.41. The van der Waals surface area contributed by atoms with Gasteiger partial charge in [0.1, 0.15) is 0 Å².